The number of anilines is 5. The Morgan fingerprint density at radius 1 is 0.461 bits per heavy atom. The summed E-state index contributed by atoms with van der Waals surface area (Å²) in [7, 11) is 0. The first-order valence-corrected chi connectivity index (χ1v) is 27.5. The average molecular weight is 989 g/mol. The second-order valence-electron chi connectivity index (χ2n) is 25.3. The van der Waals surface area contributed by atoms with Crippen LogP contribution in [0.4, 0.5) is 28.4 Å². The number of hydrogen-bond acceptors (Lipinski definition) is 4. The molecule has 0 radical (unpaired) electrons. The van der Waals surface area contributed by atoms with Crippen molar-refractivity contribution in [2.75, 3.05) is 9.71 Å². The van der Waals surface area contributed by atoms with E-state index in [4.69, 9.17) is 9.15 Å². The van der Waals surface area contributed by atoms with Gasteiger partial charge in [-0.3, -0.25) is 0 Å². The zero-order valence-corrected chi connectivity index (χ0v) is 45.9. The molecule has 1 aromatic heterocycles. The zero-order chi connectivity index (χ0) is 52.4. The number of furan rings is 1. The van der Waals surface area contributed by atoms with E-state index < -0.39 is 0 Å². The fourth-order valence-electron chi connectivity index (χ4n) is 13.7. The highest BCUT2D eigenvalue weighted by atomic mass is 16.5. The summed E-state index contributed by atoms with van der Waals surface area (Å²) in [5, 5.41) is 2.21. The Hall–Kier alpha value is -7.76. The third kappa shape index (κ3) is 6.83. The highest BCUT2D eigenvalue weighted by molar-refractivity contribution is 6.93. The van der Waals surface area contributed by atoms with E-state index in [0.29, 0.717) is 0 Å². The summed E-state index contributed by atoms with van der Waals surface area (Å²) in [5.41, 5.74) is 25.9. The number of ether oxygens (including phenoxy) is 1. The number of para-hydroxylation sites is 2. The van der Waals surface area contributed by atoms with Crippen molar-refractivity contribution in [2.24, 2.45) is 0 Å². The minimum absolute atomic E-state index is 0.00692. The van der Waals surface area contributed by atoms with Crippen molar-refractivity contribution in [1.29, 1.82) is 0 Å². The number of benzene rings is 9. The Morgan fingerprint density at radius 3 is 1.93 bits per heavy atom. The molecule has 4 aliphatic rings. The Balaban J connectivity index is 1.17. The molecule has 1 aliphatic carbocycles. The van der Waals surface area contributed by atoms with Gasteiger partial charge in [-0.05, 0) is 171 Å². The fraction of sp³-hybridized carbons (Fsp3) is 0.239. The maximum atomic E-state index is 7.19. The number of fused-ring (bicyclic) bond motifs is 10. The normalized spacial score (nSPS) is 16.3. The van der Waals surface area contributed by atoms with E-state index >= 15 is 0 Å². The molecule has 4 nitrogen and oxygen atoms in total. The van der Waals surface area contributed by atoms with Crippen LogP contribution in [-0.2, 0) is 21.7 Å². The van der Waals surface area contributed by atoms with Crippen molar-refractivity contribution in [3.63, 3.8) is 0 Å². The van der Waals surface area contributed by atoms with Gasteiger partial charge in [0, 0.05) is 66.9 Å². The van der Waals surface area contributed by atoms with Crippen LogP contribution < -0.4 is 25.4 Å². The predicted molar refractivity (Wildman–Crippen MR) is 320 cm³/mol. The SMILES string of the molecule is Cc1ccccc1-c1cc2c3c(c1)N(c1cc4c(cc1C)C(C)(C)CCC4(C)C)c1cc4c(cc1B3N(c1ccc(C(C)(C)C)cc1-c1ccccc1)c1cc3c(cc1-2)oc1ccccc13)Oc1ccccc1C4(C)C. The summed E-state index contributed by atoms with van der Waals surface area (Å²) >= 11 is 0. The lowest BCUT2D eigenvalue weighted by molar-refractivity contribution is 0.332. The van der Waals surface area contributed by atoms with E-state index in [2.05, 4.69) is 256 Å². The number of nitrogens with zero attached hydrogens (tertiary/aromatic N) is 2. The maximum absolute atomic E-state index is 7.19. The quantitative estimate of drug-likeness (QED) is 0.164. The molecule has 10 aromatic rings. The third-order valence-corrected chi connectivity index (χ3v) is 18.2. The lowest BCUT2D eigenvalue weighted by Gasteiger charge is -2.48. The first-order valence-electron chi connectivity index (χ1n) is 27.5. The van der Waals surface area contributed by atoms with Crippen LogP contribution >= 0.6 is 0 Å². The predicted octanol–water partition coefficient (Wildman–Crippen LogP) is 18.3. The van der Waals surface area contributed by atoms with Crippen molar-refractivity contribution in [3.05, 3.63) is 209 Å². The smallest absolute Gasteiger partial charge is 0.333 e. The molecule has 0 saturated carbocycles. The first-order chi connectivity index (χ1) is 36.4. The molecule has 76 heavy (non-hydrogen) atoms. The zero-order valence-electron chi connectivity index (χ0n) is 45.9. The van der Waals surface area contributed by atoms with Gasteiger partial charge in [0.1, 0.15) is 22.7 Å². The van der Waals surface area contributed by atoms with Crippen molar-refractivity contribution in [1.82, 2.24) is 0 Å². The minimum Gasteiger partial charge on any atom is -0.457 e. The van der Waals surface area contributed by atoms with Gasteiger partial charge in [0.25, 0.3) is 0 Å². The maximum Gasteiger partial charge on any atom is 0.333 e. The molecule has 14 rings (SSSR count). The van der Waals surface area contributed by atoms with Crippen molar-refractivity contribution in [3.8, 4) is 44.9 Å². The van der Waals surface area contributed by atoms with Gasteiger partial charge in [0.15, 0.2) is 0 Å². The van der Waals surface area contributed by atoms with Gasteiger partial charge in [-0.25, -0.2) is 0 Å². The molecular weight excluding hydrogens is 924 g/mol. The summed E-state index contributed by atoms with van der Waals surface area (Å²) in [5.74, 6) is 1.82. The van der Waals surface area contributed by atoms with Crippen LogP contribution in [-0.4, -0.2) is 6.85 Å². The van der Waals surface area contributed by atoms with E-state index in [-0.39, 0.29) is 28.5 Å². The Kier molecular flexibility index (Phi) is 9.92. The molecular formula is C71H65BN2O2. The van der Waals surface area contributed by atoms with E-state index in [1.165, 1.54) is 94.7 Å². The molecule has 0 amide bonds. The highest BCUT2D eigenvalue weighted by Crippen LogP contribution is 2.56. The van der Waals surface area contributed by atoms with E-state index in [1.54, 1.807) is 0 Å². The van der Waals surface area contributed by atoms with Gasteiger partial charge in [0.2, 0.25) is 0 Å². The van der Waals surface area contributed by atoms with E-state index in [9.17, 15) is 0 Å². The number of aryl methyl sites for hydroxylation is 2. The molecule has 0 unspecified atom stereocenters. The van der Waals surface area contributed by atoms with E-state index in [1.807, 2.05) is 0 Å². The van der Waals surface area contributed by atoms with Gasteiger partial charge in [-0.2, -0.15) is 0 Å². The van der Waals surface area contributed by atoms with Crippen LogP contribution in [0.3, 0.4) is 0 Å². The molecule has 9 aromatic carbocycles. The van der Waals surface area contributed by atoms with Crippen molar-refractivity contribution < 1.29 is 9.15 Å². The summed E-state index contributed by atoms with van der Waals surface area (Å²) in [4.78, 5) is 5.36. The van der Waals surface area contributed by atoms with Crippen LogP contribution in [0, 0.1) is 13.8 Å². The number of hydrogen-bond donors (Lipinski definition) is 0. The fourth-order valence-corrected chi connectivity index (χ4v) is 13.7. The molecule has 374 valence electrons. The Bertz CT molecular complexity index is 4090. The van der Waals surface area contributed by atoms with Crippen molar-refractivity contribution in [2.45, 2.75) is 111 Å². The van der Waals surface area contributed by atoms with Gasteiger partial charge in [0.05, 0.1) is 0 Å². The minimum atomic E-state index is -0.355. The topological polar surface area (TPSA) is 28.9 Å². The molecule has 0 bridgehead atoms. The summed E-state index contributed by atoms with van der Waals surface area (Å²) < 4.78 is 14.1. The second kappa shape index (κ2) is 16.1. The molecule has 0 spiro atoms. The summed E-state index contributed by atoms with van der Waals surface area (Å²) in [6, 6.07) is 64.2. The molecule has 0 atom stereocenters. The number of rotatable bonds is 4. The van der Waals surface area contributed by atoms with Crippen LogP contribution in [0.2, 0.25) is 0 Å². The Morgan fingerprint density at radius 2 is 1.16 bits per heavy atom. The summed E-state index contributed by atoms with van der Waals surface area (Å²) in [6.45, 7) is 25.8. The Labute approximate surface area is 449 Å². The second-order valence-corrected chi connectivity index (χ2v) is 25.3. The van der Waals surface area contributed by atoms with E-state index in [0.717, 1.165) is 63.2 Å². The first kappa shape index (κ1) is 46.8. The molecule has 0 saturated heterocycles. The van der Waals surface area contributed by atoms with Gasteiger partial charge in [-0.1, -0.05) is 165 Å². The van der Waals surface area contributed by atoms with Crippen LogP contribution in [0.15, 0.2) is 174 Å². The monoisotopic (exact) mass is 989 g/mol. The standard InChI is InChI=1S/C71H65BN2O2/c1-42-21-15-16-24-47(42)45-34-52-50-38-65-51(48-25-17-19-27-63(48)75-65)37-60(50)74(58-30-29-46(68(3,4)5)36-49(58)44-22-13-12-14-23-44)72-57-41-66-56(71(10,11)53-26-18-20-28-64(53)76-66)40-61(57)73(62(35-45)67(52)72)59-39-55-54(33-43(59)2)69(6,7)31-32-70(55,8)9/h12-30,33-41H,31-32H2,1-11H3. The van der Waals surface area contributed by atoms with Crippen LogP contribution in [0.25, 0.3) is 55.3 Å². The average Bonchev–Trinajstić information content (AvgIpc) is 3.80. The molecule has 5 heteroatoms. The third-order valence-electron chi connectivity index (χ3n) is 18.2. The van der Waals surface area contributed by atoms with Gasteiger partial charge >= 0.3 is 6.85 Å². The molecule has 0 N–H and O–H groups in total. The molecule has 4 heterocycles. The van der Waals surface area contributed by atoms with Crippen LogP contribution in [0.5, 0.6) is 11.5 Å². The largest absolute Gasteiger partial charge is 0.457 e. The summed E-state index contributed by atoms with van der Waals surface area (Å²) in [6.07, 6.45) is 2.29. The van der Waals surface area contributed by atoms with Gasteiger partial charge in [-0.15, -0.1) is 0 Å². The highest BCUT2D eigenvalue weighted by Gasteiger charge is 2.49. The van der Waals surface area contributed by atoms with Crippen LogP contribution in [0.1, 0.15) is 114 Å². The lowest BCUT2D eigenvalue weighted by atomic mass is 9.43. The molecule has 3 aliphatic heterocycles. The lowest BCUT2D eigenvalue weighted by Crippen LogP contribution is -2.62. The van der Waals surface area contributed by atoms with Crippen molar-refractivity contribution >= 4 is 68.1 Å². The molecule has 0 fully saturated rings. The van der Waals surface area contributed by atoms with Gasteiger partial charge < -0.3 is 18.9 Å².